The maximum Gasteiger partial charge on any atom is 0.417 e. The van der Waals surface area contributed by atoms with Crippen molar-refractivity contribution in [2.24, 2.45) is 0 Å². The molecule has 1 fully saturated rings. The van der Waals surface area contributed by atoms with Gasteiger partial charge in [0.15, 0.2) is 4.96 Å². The third kappa shape index (κ3) is 4.18. The van der Waals surface area contributed by atoms with Gasteiger partial charge in [0.05, 0.1) is 5.56 Å². The lowest BCUT2D eigenvalue weighted by molar-refractivity contribution is -0.137. The molecule has 33 heavy (non-hydrogen) atoms. The van der Waals surface area contributed by atoms with Crippen molar-refractivity contribution in [3.8, 4) is 11.3 Å². The number of hydrogen-bond donors (Lipinski definition) is 1. The smallest absolute Gasteiger partial charge is 0.368 e. The van der Waals surface area contributed by atoms with E-state index in [0.717, 1.165) is 35.6 Å². The fourth-order valence-electron chi connectivity index (χ4n) is 4.13. The Balaban J connectivity index is 1.37. The number of nitrogens with zero attached hydrogens (tertiary/aromatic N) is 4. The number of thiazole rings is 1. The molecule has 0 spiro atoms. The third-order valence-corrected chi connectivity index (χ3v) is 6.52. The van der Waals surface area contributed by atoms with Crippen LogP contribution in [0.3, 0.4) is 0 Å². The van der Waals surface area contributed by atoms with Gasteiger partial charge in [-0.15, -0.1) is 11.3 Å². The molecule has 0 bridgehead atoms. The number of benzene rings is 1. The number of anilines is 1. The highest BCUT2D eigenvalue weighted by molar-refractivity contribution is 7.15. The molecule has 10 heteroatoms. The van der Waals surface area contributed by atoms with Crippen LogP contribution >= 0.6 is 11.3 Å². The number of alkyl halides is 3. The van der Waals surface area contributed by atoms with E-state index in [1.807, 2.05) is 51.2 Å². The van der Waals surface area contributed by atoms with Crippen LogP contribution in [0.5, 0.6) is 0 Å². The van der Waals surface area contributed by atoms with Crippen molar-refractivity contribution >= 4 is 28.0 Å². The van der Waals surface area contributed by atoms with Crippen LogP contribution in [0.4, 0.5) is 19.0 Å². The van der Waals surface area contributed by atoms with Crippen LogP contribution < -0.4 is 5.32 Å². The number of halogens is 3. The minimum Gasteiger partial charge on any atom is -0.368 e. The maximum absolute atomic E-state index is 13.7. The van der Waals surface area contributed by atoms with Gasteiger partial charge in [-0.1, -0.05) is 30.3 Å². The first-order valence-electron chi connectivity index (χ1n) is 10.5. The second-order valence-electron chi connectivity index (χ2n) is 7.84. The van der Waals surface area contributed by atoms with E-state index in [4.69, 9.17) is 4.98 Å². The molecule has 1 aliphatic rings. The molecule has 1 saturated heterocycles. The summed E-state index contributed by atoms with van der Waals surface area (Å²) < 4.78 is 40.1. The monoisotopic (exact) mass is 471 g/mol. The summed E-state index contributed by atoms with van der Waals surface area (Å²) >= 11 is 1.47. The zero-order valence-electron chi connectivity index (χ0n) is 17.4. The topological polar surface area (TPSA) is 62.5 Å². The molecule has 1 N–H and O–H groups in total. The van der Waals surface area contributed by atoms with E-state index >= 15 is 0 Å². The van der Waals surface area contributed by atoms with Crippen LogP contribution in [0.15, 0.2) is 60.2 Å². The maximum atomic E-state index is 13.7. The Labute approximate surface area is 191 Å². The Morgan fingerprint density at radius 1 is 1.18 bits per heavy atom. The minimum absolute atomic E-state index is 0.102. The van der Waals surface area contributed by atoms with E-state index in [1.54, 1.807) is 0 Å². The highest BCUT2D eigenvalue weighted by atomic mass is 32.1. The van der Waals surface area contributed by atoms with Gasteiger partial charge in [0, 0.05) is 42.5 Å². The van der Waals surface area contributed by atoms with Gasteiger partial charge in [-0.05, 0) is 25.0 Å². The van der Waals surface area contributed by atoms with Gasteiger partial charge in [0.2, 0.25) is 0 Å². The fraction of sp³-hybridized carbons (Fsp3) is 0.261. The van der Waals surface area contributed by atoms with Gasteiger partial charge in [0.1, 0.15) is 17.2 Å². The Morgan fingerprint density at radius 2 is 2.00 bits per heavy atom. The fourth-order valence-corrected chi connectivity index (χ4v) is 4.84. The van der Waals surface area contributed by atoms with Crippen LogP contribution in [0.1, 0.15) is 28.9 Å². The van der Waals surface area contributed by atoms with Crippen molar-refractivity contribution in [1.82, 2.24) is 19.3 Å². The van der Waals surface area contributed by atoms with Crippen LogP contribution in [-0.4, -0.2) is 44.3 Å². The number of imidazole rings is 1. The summed E-state index contributed by atoms with van der Waals surface area (Å²) in [7, 11) is 0. The van der Waals surface area contributed by atoms with E-state index in [9.17, 15) is 18.0 Å². The van der Waals surface area contributed by atoms with E-state index in [1.165, 1.54) is 17.4 Å². The number of carbonyl (C=O) groups is 1. The molecule has 4 heterocycles. The van der Waals surface area contributed by atoms with Crippen molar-refractivity contribution < 1.29 is 18.0 Å². The molecule has 0 saturated carbocycles. The molecule has 0 aliphatic carbocycles. The molecule has 170 valence electrons. The standard InChI is InChI=1S/C23H20F3N5OS/c24-23(25,26)16-8-9-18(27-13-16)28-14-17-7-4-10-30(17)21(32)20-19(15-5-2-1-3-6-15)29-22-31(20)11-12-33-22/h1-3,5-6,8-9,11-13,17H,4,7,10,14H2,(H,27,28)/t17-/m0/s1. The second-order valence-corrected chi connectivity index (χ2v) is 8.71. The number of fused-ring (bicyclic) bond motifs is 1. The number of rotatable bonds is 5. The molecule has 1 amide bonds. The summed E-state index contributed by atoms with van der Waals surface area (Å²) in [6.45, 7) is 1.01. The number of pyridine rings is 1. The van der Waals surface area contributed by atoms with E-state index in [0.29, 0.717) is 30.3 Å². The lowest BCUT2D eigenvalue weighted by Gasteiger charge is -2.25. The first kappa shape index (κ1) is 21.4. The zero-order valence-corrected chi connectivity index (χ0v) is 18.2. The first-order valence-corrected chi connectivity index (χ1v) is 11.4. The molecule has 0 radical (unpaired) electrons. The highest BCUT2D eigenvalue weighted by Crippen LogP contribution is 2.31. The van der Waals surface area contributed by atoms with Crippen LogP contribution in [0.25, 0.3) is 16.2 Å². The van der Waals surface area contributed by atoms with Crippen molar-refractivity contribution in [2.45, 2.75) is 25.1 Å². The van der Waals surface area contributed by atoms with Gasteiger partial charge >= 0.3 is 6.18 Å². The Morgan fingerprint density at radius 3 is 2.73 bits per heavy atom. The Bertz CT molecular complexity index is 1270. The van der Waals surface area contributed by atoms with Gasteiger partial charge in [-0.2, -0.15) is 13.2 Å². The summed E-state index contributed by atoms with van der Waals surface area (Å²) in [5, 5.41) is 4.98. The molecule has 6 nitrogen and oxygen atoms in total. The normalized spacial score (nSPS) is 16.5. The van der Waals surface area contributed by atoms with Gasteiger partial charge in [0.25, 0.3) is 5.91 Å². The second kappa shape index (κ2) is 8.51. The Kier molecular flexibility index (Phi) is 5.53. The molecular formula is C23H20F3N5OS. The van der Waals surface area contributed by atoms with Gasteiger partial charge in [-0.3, -0.25) is 9.20 Å². The number of likely N-dealkylation sites (tertiary alicyclic amines) is 1. The SMILES string of the molecule is O=C(c1c(-c2ccccc2)nc2sccn12)N1CCC[C@H]1CNc1ccc(C(F)(F)F)cn1. The van der Waals surface area contributed by atoms with Crippen LogP contribution in [0.2, 0.25) is 0 Å². The molecular weight excluding hydrogens is 451 g/mol. The summed E-state index contributed by atoms with van der Waals surface area (Å²) in [6, 6.07) is 11.8. The Hall–Kier alpha value is -3.40. The lowest BCUT2D eigenvalue weighted by atomic mass is 10.1. The van der Waals surface area contributed by atoms with Crippen molar-refractivity contribution in [1.29, 1.82) is 0 Å². The van der Waals surface area contributed by atoms with Crippen molar-refractivity contribution in [2.75, 3.05) is 18.4 Å². The molecule has 3 aromatic heterocycles. The molecule has 4 aromatic rings. The molecule has 1 atom stereocenters. The molecule has 1 aromatic carbocycles. The predicted octanol–water partition coefficient (Wildman–Crippen LogP) is 5.19. The average Bonchev–Trinajstić information content (AvgIpc) is 3.53. The molecule has 5 rings (SSSR count). The summed E-state index contributed by atoms with van der Waals surface area (Å²) in [4.78, 5) is 24.8. The van der Waals surface area contributed by atoms with Crippen molar-refractivity contribution in [3.63, 3.8) is 0 Å². The van der Waals surface area contributed by atoms with Gasteiger partial charge < -0.3 is 10.2 Å². The zero-order chi connectivity index (χ0) is 23.0. The largest absolute Gasteiger partial charge is 0.417 e. The highest BCUT2D eigenvalue weighted by Gasteiger charge is 2.34. The van der Waals surface area contributed by atoms with Crippen molar-refractivity contribution in [3.05, 3.63) is 71.5 Å². The van der Waals surface area contributed by atoms with E-state index < -0.39 is 11.7 Å². The van der Waals surface area contributed by atoms with E-state index in [-0.39, 0.29) is 11.9 Å². The number of amides is 1. The number of hydrogen-bond acceptors (Lipinski definition) is 5. The summed E-state index contributed by atoms with van der Waals surface area (Å²) in [5.74, 6) is 0.237. The number of aromatic nitrogens is 3. The predicted molar refractivity (Wildman–Crippen MR) is 120 cm³/mol. The summed E-state index contributed by atoms with van der Waals surface area (Å²) in [5.41, 5.74) is 1.26. The average molecular weight is 472 g/mol. The molecule has 1 aliphatic heterocycles. The van der Waals surface area contributed by atoms with Gasteiger partial charge in [-0.25, -0.2) is 9.97 Å². The van der Waals surface area contributed by atoms with Crippen LogP contribution in [-0.2, 0) is 6.18 Å². The lowest BCUT2D eigenvalue weighted by Crippen LogP contribution is -2.40. The van der Waals surface area contributed by atoms with E-state index in [2.05, 4.69) is 10.3 Å². The third-order valence-electron chi connectivity index (χ3n) is 5.76. The minimum atomic E-state index is -4.42. The number of carbonyl (C=O) groups excluding carboxylic acids is 1. The molecule has 0 unspecified atom stereocenters. The van der Waals surface area contributed by atoms with Crippen LogP contribution in [0, 0.1) is 0 Å². The number of nitrogens with one attached hydrogen (secondary N) is 1. The quantitative estimate of drug-likeness (QED) is 0.435. The summed E-state index contributed by atoms with van der Waals surface area (Å²) in [6.07, 6.45) is -0.112. The first-order chi connectivity index (χ1) is 15.9.